The third-order valence-electron chi connectivity index (χ3n) is 3.40. The molecule has 2 aromatic rings. The fourth-order valence-electron chi connectivity index (χ4n) is 2.25. The molecule has 0 fully saturated rings. The number of rotatable bonds is 6. The van der Waals surface area contributed by atoms with Gasteiger partial charge in [0.25, 0.3) is 0 Å². The highest BCUT2D eigenvalue weighted by Crippen LogP contribution is 2.31. The van der Waals surface area contributed by atoms with Crippen LogP contribution >= 0.6 is 15.9 Å². The number of aromatic nitrogens is 2. The van der Waals surface area contributed by atoms with Gasteiger partial charge in [-0.15, -0.1) is 0 Å². The Kier molecular flexibility index (Phi) is 5.90. The van der Waals surface area contributed by atoms with Crippen molar-refractivity contribution in [2.75, 3.05) is 0 Å². The summed E-state index contributed by atoms with van der Waals surface area (Å²) in [6, 6.07) is 5.78. The van der Waals surface area contributed by atoms with Crippen molar-refractivity contribution in [3.63, 3.8) is 0 Å². The van der Waals surface area contributed by atoms with Crippen LogP contribution in [0.4, 0.5) is 0 Å². The second-order valence-corrected chi connectivity index (χ2v) is 12.1. The predicted octanol–water partition coefficient (Wildman–Crippen LogP) is 5.33. The zero-order valence-corrected chi connectivity index (χ0v) is 18.1. The molecule has 25 heavy (non-hydrogen) atoms. The maximum Gasteiger partial charge on any atom is 0.244 e. The van der Waals surface area contributed by atoms with E-state index in [0.717, 1.165) is 27.2 Å². The van der Waals surface area contributed by atoms with Gasteiger partial charge in [-0.2, -0.15) is 5.10 Å². The first-order valence-electron chi connectivity index (χ1n) is 7.96. The molecule has 0 N–H and O–H groups in total. The van der Waals surface area contributed by atoms with Crippen molar-refractivity contribution in [2.24, 2.45) is 12.0 Å². The highest BCUT2D eigenvalue weighted by Gasteiger charge is 2.17. The van der Waals surface area contributed by atoms with Crippen LogP contribution in [0.25, 0.3) is 0 Å². The van der Waals surface area contributed by atoms with E-state index in [9.17, 15) is 0 Å². The topological polar surface area (TPSA) is 48.6 Å². The summed E-state index contributed by atoms with van der Waals surface area (Å²) in [7, 11) is 0.179. The van der Waals surface area contributed by atoms with Crippen LogP contribution in [0, 0.1) is 13.8 Å². The third-order valence-corrected chi connectivity index (χ3v) is 4.74. The van der Waals surface area contributed by atoms with Gasteiger partial charge in [0.15, 0.2) is 11.6 Å². The lowest BCUT2D eigenvalue weighted by Crippen LogP contribution is -2.24. The summed E-state index contributed by atoms with van der Waals surface area (Å²) in [6.07, 6.45) is 1.71. The molecule has 0 saturated heterocycles. The fraction of sp³-hybridized carbons (Fsp3) is 0.333. The summed E-state index contributed by atoms with van der Waals surface area (Å²) in [5.74, 6) is 1.88. The summed E-state index contributed by atoms with van der Waals surface area (Å²) < 4.78 is 14.6. The second-order valence-electron chi connectivity index (χ2n) is 6.77. The van der Waals surface area contributed by atoms with Crippen molar-refractivity contribution in [2.45, 2.75) is 33.5 Å². The molecule has 0 aliphatic heterocycles. The average Bonchev–Trinajstić information content (AvgIpc) is 2.72. The van der Waals surface area contributed by atoms with Crippen molar-refractivity contribution in [3.05, 3.63) is 52.1 Å². The van der Waals surface area contributed by atoms with Crippen LogP contribution in [0.1, 0.15) is 17.0 Å². The number of nitrogens with zero attached hydrogens (tertiary/aromatic N) is 3. The molecule has 0 bridgehead atoms. The van der Waals surface area contributed by atoms with Crippen LogP contribution in [0.2, 0.25) is 19.6 Å². The Morgan fingerprint density at radius 3 is 2.56 bits per heavy atom. The van der Waals surface area contributed by atoms with E-state index in [0.29, 0.717) is 11.6 Å². The lowest BCUT2D eigenvalue weighted by molar-refractivity contribution is 0.421. The lowest BCUT2D eigenvalue weighted by Gasteiger charge is -2.18. The molecule has 0 aliphatic rings. The van der Waals surface area contributed by atoms with Gasteiger partial charge in [0.1, 0.15) is 11.4 Å². The van der Waals surface area contributed by atoms with Crippen molar-refractivity contribution in [1.29, 1.82) is 0 Å². The van der Waals surface area contributed by atoms with Gasteiger partial charge in [0, 0.05) is 23.3 Å². The normalized spacial score (nSPS) is 11.8. The van der Waals surface area contributed by atoms with Crippen molar-refractivity contribution in [1.82, 2.24) is 9.78 Å². The fourth-order valence-corrected chi connectivity index (χ4v) is 3.38. The molecule has 7 heteroatoms. The van der Waals surface area contributed by atoms with Gasteiger partial charge in [0.2, 0.25) is 8.32 Å². The van der Waals surface area contributed by atoms with Crippen LogP contribution in [-0.4, -0.2) is 24.3 Å². The Balaban J connectivity index is 2.30. The molecule has 1 heterocycles. The van der Waals surface area contributed by atoms with E-state index in [-0.39, 0.29) is 0 Å². The molecule has 1 aromatic heterocycles. The van der Waals surface area contributed by atoms with Gasteiger partial charge in [-0.25, -0.2) is 4.99 Å². The zero-order chi connectivity index (χ0) is 18.8. The summed E-state index contributed by atoms with van der Waals surface area (Å²) in [4.78, 5) is 4.34. The first kappa shape index (κ1) is 19.5. The molecular weight excluding hydrogens is 398 g/mol. The molecule has 134 valence electrons. The van der Waals surface area contributed by atoms with E-state index in [1.165, 1.54) is 0 Å². The van der Waals surface area contributed by atoms with Crippen molar-refractivity contribution >= 4 is 30.5 Å². The Morgan fingerprint density at radius 2 is 2.00 bits per heavy atom. The zero-order valence-electron chi connectivity index (χ0n) is 15.6. The first-order chi connectivity index (χ1) is 11.6. The summed E-state index contributed by atoms with van der Waals surface area (Å²) >= 11 is 3.49. The minimum Gasteiger partial charge on any atom is -0.532 e. The maximum absolute atomic E-state index is 6.12. The number of halogens is 1. The molecule has 0 saturated carbocycles. The van der Waals surface area contributed by atoms with Gasteiger partial charge in [-0.05, 0) is 58.3 Å². The quantitative estimate of drug-likeness (QED) is 0.359. The van der Waals surface area contributed by atoms with Gasteiger partial charge in [0.05, 0.1) is 5.69 Å². The predicted molar refractivity (Wildman–Crippen MR) is 108 cm³/mol. The van der Waals surface area contributed by atoms with Gasteiger partial charge in [-0.1, -0.05) is 15.9 Å². The van der Waals surface area contributed by atoms with E-state index in [4.69, 9.17) is 9.16 Å². The van der Waals surface area contributed by atoms with Crippen LogP contribution in [0.15, 0.2) is 40.1 Å². The van der Waals surface area contributed by atoms with Crippen LogP contribution in [-0.2, 0) is 11.5 Å². The van der Waals surface area contributed by atoms with E-state index < -0.39 is 8.32 Å². The molecule has 5 nitrogen and oxygen atoms in total. The molecule has 0 aliphatic carbocycles. The Bertz CT molecular complexity index is 822. The van der Waals surface area contributed by atoms with Gasteiger partial charge >= 0.3 is 0 Å². The summed E-state index contributed by atoms with van der Waals surface area (Å²) in [5.41, 5.74) is 2.64. The minimum atomic E-state index is -1.72. The number of ether oxygens (including phenoxy) is 1. The van der Waals surface area contributed by atoms with Crippen LogP contribution in [0.5, 0.6) is 11.5 Å². The van der Waals surface area contributed by atoms with Gasteiger partial charge in [-0.3, -0.25) is 4.68 Å². The molecule has 0 amide bonds. The Hall–Kier alpha value is -1.86. The van der Waals surface area contributed by atoms with E-state index in [2.05, 4.69) is 52.2 Å². The minimum absolute atomic E-state index is 0.416. The summed E-state index contributed by atoms with van der Waals surface area (Å²) in [5, 5.41) is 4.39. The second kappa shape index (κ2) is 7.57. The molecule has 0 unspecified atom stereocenters. The molecule has 1 aromatic carbocycles. The smallest absolute Gasteiger partial charge is 0.244 e. The number of benzene rings is 1. The van der Waals surface area contributed by atoms with Gasteiger partial charge < -0.3 is 9.16 Å². The van der Waals surface area contributed by atoms with Crippen LogP contribution < -0.4 is 4.74 Å². The van der Waals surface area contributed by atoms with Crippen molar-refractivity contribution in [3.8, 4) is 11.5 Å². The number of hydrogen-bond acceptors (Lipinski definition) is 4. The largest absolute Gasteiger partial charge is 0.532 e. The lowest BCUT2D eigenvalue weighted by atomic mass is 10.2. The number of aliphatic imine (C=N–C) groups is 1. The monoisotopic (exact) mass is 421 g/mol. The van der Waals surface area contributed by atoms with Crippen molar-refractivity contribution < 1.29 is 9.16 Å². The molecular formula is C18H24BrN3O2Si. The average molecular weight is 422 g/mol. The van der Waals surface area contributed by atoms with E-state index >= 15 is 0 Å². The number of aryl methyl sites for hydroxylation is 2. The highest BCUT2D eigenvalue weighted by molar-refractivity contribution is 9.10. The summed E-state index contributed by atoms with van der Waals surface area (Å²) in [6.45, 7) is 14.1. The maximum atomic E-state index is 6.12. The standard InChI is InChI=1S/C18H24BrN3O2Si/c1-12-18(13(2)22(4)21-12)23-17-9-8-16(19)10-15(17)11-20-14(3)24-25(5,6)7/h8-11H,3H2,1-2,4-7H3. The third kappa shape index (κ3) is 5.30. The Labute approximate surface area is 158 Å². The first-order valence-corrected chi connectivity index (χ1v) is 12.2. The van der Waals surface area contributed by atoms with Crippen LogP contribution in [0.3, 0.4) is 0 Å². The molecule has 2 rings (SSSR count). The van der Waals surface area contributed by atoms with E-state index in [1.807, 2.05) is 39.1 Å². The Morgan fingerprint density at radius 1 is 1.32 bits per heavy atom. The highest BCUT2D eigenvalue weighted by atomic mass is 79.9. The molecule has 0 spiro atoms. The molecule has 0 atom stereocenters. The van der Waals surface area contributed by atoms with E-state index in [1.54, 1.807) is 10.9 Å². The molecule has 0 radical (unpaired) electrons. The SMILES string of the molecule is C=C(N=Cc1cc(Br)ccc1Oc1c(C)nn(C)c1C)O[Si](C)(C)C. The number of hydrogen-bond donors (Lipinski definition) is 0.